The molecular formula is C7H7INO2S-. The third-order valence-corrected chi connectivity index (χ3v) is 2.52. The second-order valence-electron chi connectivity index (χ2n) is 2.20. The molecule has 3 nitrogen and oxygen atoms in total. The Morgan fingerprint density at radius 3 is 2.75 bits per heavy atom. The van der Waals surface area contributed by atoms with Crippen LogP contribution in [0.3, 0.4) is 0 Å². The van der Waals surface area contributed by atoms with Crippen LogP contribution in [-0.4, -0.2) is 8.76 Å². The number of hydrogen-bond acceptors (Lipinski definition) is 3. The first-order valence-electron chi connectivity index (χ1n) is 3.24. The summed E-state index contributed by atoms with van der Waals surface area (Å²) < 4.78 is 23.7. The number of nitrogens with one attached hydrogen (secondary N) is 1. The fourth-order valence-corrected chi connectivity index (χ4v) is 1.90. The van der Waals surface area contributed by atoms with Crippen LogP contribution in [0, 0.1) is 0 Å². The van der Waals surface area contributed by atoms with Gasteiger partial charge in [0.1, 0.15) is 0 Å². The third-order valence-electron chi connectivity index (χ3n) is 1.39. The Morgan fingerprint density at radius 2 is 2.17 bits per heavy atom. The molecule has 0 radical (unpaired) electrons. The SMILES string of the molecule is O=S([O-])Cc1ccccc1NI. The molecule has 0 spiro atoms. The van der Waals surface area contributed by atoms with E-state index in [1.807, 2.05) is 41.1 Å². The molecule has 0 aromatic heterocycles. The summed E-state index contributed by atoms with van der Waals surface area (Å²) in [6, 6.07) is 7.31. The molecule has 1 aromatic rings. The Labute approximate surface area is 87.3 Å². The quantitative estimate of drug-likeness (QED) is 0.526. The van der Waals surface area contributed by atoms with E-state index in [0.717, 1.165) is 11.3 Å². The molecule has 0 aliphatic carbocycles. The van der Waals surface area contributed by atoms with Crippen molar-refractivity contribution in [3.05, 3.63) is 29.8 Å². The van der Waals surface area contributed by atoms with Gasteiger partial charge >= 0.3 is 0 Å². The van der Waals surface area contributed by atoms with Crippen molar-refractivity contribution >= 4 is 39.6 Å². The molecule has 1 atom stereocenters. The van der Waals surface area contributed by atoms with E-state index in [9.17, 15) is 8.76 Å². The predicted octanol–water partition coefficient (Wildman–Crippen LogP) is 1.83. The summed E-state index contributed by atoms with van der Waals surface area (Å²) in [5.41, 5.74) is 1.64. The molecule has 1 N–H and O–H groups in total. The number of benzene rings is 1. The molecule has 0 amide bonds. The van der Waals surface area contributed by atoms with Gasteiger partial charge in [-0.25, -0.2) is 0 Å². The highest BCUT2D eigenvalue weighted by atomic mass is 127. The van der Waals surface area contributed by atoms with Crippen molar-refractivity contribution in [2.75, 3.05) is 3.53 Å². The third kappa shape index (κ3) is 2.72. The van der Waals surface area contributed by atoms with Gasteiger partial charge in [0.25, 0.3) is 0 Å². The Bertz CT molecular complexity index is 292. The lowest BCUT2D eigenvalue weighted by Gasteiger charge is -2.08. The summed E-state index contributed by atoms with van der Waals surface area (Å²) in [6.07, 6.45) is 0. The van der Waals surface area contributed by atoms with Crippen LogP contribution in [0.1, 0.15) is 5.56 Å². The van der Waals surface area contributed by atoms with Crippen LogP contribution in [-0.2, 0) is 16.8 Å². The number of anilines is 1. The van der Waals surface area contributed by atoms with Crippen LogP contribution in [0.15, 0.2) is 24.3 Å². The maximum Gasteiger partial charge on any atom is 0.0560 e. The zero-order valence-electron chi connectivity index (χ0n) is 6.12. The van der Waals surface area contributed by atoms with Crippen LogP contribution in [0.4, 0.5) is 5.69 Å². The number of halogens is 1. The van der Waals surface area contributed by atoms with E-state index < -0.39 is 11.1 Å². The molecule has 0 saturated heterocycles. The topological polar surface area (TPSA) is 52.2 Å². The minimum Gasteiger partial charge on any atom is -0.772 e. The first-order valence-corrected chi connectivity index (χ1v) is 5.56. The van der Waals surface area contributed by atoms with Crippen LogP contribution >= 0.6 is 22.9 Å². The van der Waals surface area contributed by atoms with Gasteiger partial charge in [0.05, 0.1) is 22.9 Å². The van der Waals surface area contributed by atoms with Crippen molar-refractivity contribution in [2.24, 2.45) is 0 Å². The summed E-state index contributed by atoms with van der Waals surface area (Å²) in [5.74, 6) is 0.0617. The molecule has 0 aliphatic heterocycles. The minimum absolute atomic E-state index is 0.0617. The van der Waals surface area contributed by atoms with Gasteiger partial charge in [-0.05, 0) is 11.6 Å². The lowest BCUT2D eigenvalue weighted by Crippen LogP contribution is -1.96. The fourth-order valence-electron chi connectivity index (χ4n) is 0.865. The molecule has 0 fully saturated rings. The van der Waals surface area contributed by atoms with Crippen LogP contribution < -0.4 is 3.53 Å². The summed E-state index contributed by atoms with van der Waals surface area (Å²) in [4.78, 5) is 0. The molecule has 1 aromatic carbocycles. The molecular weight excluding hydrogens is 289 g/mol. The predicted molar refractivity (Wildman–Crippen MR) is 56.7 cm³/mol. The van der Waals surface area contributed by atoms with Crippen molar-refractivity contribution in [1.82, 2.24) is 0 Å². The Hall–Kier alpha value is -0.140. The second-order valence-corrected chi connectivity index (χ2v) is 3.64. The monoisotopic (exact) mass is 296 g/mol. The number of para-hydroxylation sites is 1. The highest BCUT2D eigenvalue weighted by Crippen LogP contribution is 2.17. The Balaban J connectivity index is 2.89. The molecule has 0 heterocycles. The normalized spacial score (nSPS) is 12.5. The van der Waals surface area contributed by atoms with E-state index in [4.69, 9.17) is 0 Å². The first kappa shape index (κ1) is 9.94. The van der Waals surface area contributed by atoms with Crippen LogP contribution in [0.2, 0.25) is 0 Å². The van der Waals surface area contributed by atoms with Gasteiger partial charge in [0.15, 0.2) is 0 Å². The van der Waals surface area contributed by atoms with E-state index >= 15 is 0 Å². The van der Waals surface area contributed by atoms with Crippen molar-refractivity contribution in [1.29, 1.82) is 0 Å². The largest absolute Gasteiger partial charge is 0.772 e. The Morgan fingerprint density at radius 1 is 1.50 bits per heavy atom. The van der Waals surface area contributed by atoms with Crippen molar-refractivity contribution in [2.45, 2.75) is 5.75 Å². The van der Waals surface area contributed by atoms with Gasteiger partial charge in [-0.2, -0.15) is 0 Å². The fraction of sp³-hybridized carbons (Fsp3) is 0.143. The van der Waals surface area contributed by atoms with Gasteiger partial charge in [0.2, 0.25) is 0 Å². The average molecular weight is 296 g/mol. The van der Waals surface area contributed by atoms with Crippen LogP contribution in [0.25, 0.3) is 0 Å². The van der Waals surface area contributed by atoms with Crippen molar-refractivity contribution in [3.63, 3.8) is 0 Å². The minimum atomic E-state index is -2.02. The van der Waals surface area contributed by atoms with Gasteiger partial charge in [0, 0.05) is 11.4 Å². The van der Waals surface area contributed by atoms with Gasteiger partial charge < -0.3 is 8.08 Å². The highest BCUT2D eigenvalue weighted by molar-refractivity contribution is 14.1. The van der Waals surface area contributed by atoms with E-state index in [2.05, 4.69) is 3.53 Å². The summed E-state index contributed by atoms with van der Waals surface area (Å²) in [5, 5.41) is 0. The highest BCUT2D eigenvalue weighted by Gasteiger charge is 1.98. The molecule has 5 heteroatoms. The molecule has 1 rings (SSSR count). The lowest BCUT2D eigenvalue weighted by molar-refractivity contribution is 0.536. The Kier molecular flexibility index (Phi) is 3.96. The molecule has 0 aliphatic rings. The molecule has 0 bridgehead atoms. The average Bonchev–Trinajstić information content (AvgIpc) is 2.04. The number of rotatable bonds is 3. The molecule has 66 valence electrons. The van der Waals surface area contributed by atoms with Crippen molar-refractivity contribution < 1.29 is 8.76 Å². The van der Waals surface area contributed by atoms with Gasteiger partial charge in [-0.15, -0.1) is 0 Å². The van der Waals surface area contributed by atoms with Gasteiger partial charge in [-0.1, -0.05) is 29.3 Å². The summed E-state index contributed by atoms with van der Waals surface area (Å²) in [6.45, 7) is 0. The summed E-state index contributed by atoms with van der Waals surface area (Å²) >= 11 is -0.0471. The van der Waals surface area contributed by atoms with E-state index in [-0.39, 0.29) is 5.75 Å². The standard InChI is InChI=1S/C7H8INO2S/c8-9-7-4-2-1-3-6(7)5-12(10)11/h1-4,9H,5H2,(H,10,11)/p-1. The number of hydrogen-bond donors (Lipinski definition) is 1. The second kappa shape index (κ2) is 4.78. The molecule has 1 unspecified atom stereocenters. The smallest absolute Gasteiger partial charge is 0.0560 e. The zero-order chi connectivity index (χ0) is 8.97. The van der Waals surface area contributed by atoms with E-state index in [1.165, 1.54) is 0 Å². The van der Waals surface area contributed by atoms with E-state index in [1.54, 1.807) is 6.07 Å². The van der Waals surface area contributed by atoms with Crippen LogP contribution in [0.5, 0.6) is 0 Å². The van der Waals surface area contributed by atoms with Gasteiger partial charge in [-0.3, -0.25) is 4.21 Å². The maximum atomic E-state index is 10.4. The lowest BCUT2D eigenvalue weighted by atomic mass is 10.2. The molecule has 0 saturated carbocycles. The summed E-state index contributed by atoms with van der Waals surface area (Å²) in [7, 11) is 0. The van der Waals surface area contributed by atoms with Crippen molar-refractivity contribution in [3.8, 4) is 0 Å². The maximum absolute atomic E-state index is 10.4. The zero-order valence-corrected chi connectivity index (χ0v) is 9.09. The first-order chi connectivity index (χ1) is 5.74. The van der Waals surface area contributed by atoms with E-state index in [0.29, 0.717) is 0 Å². The molecule has 12 heavy (non-hydrogen) atoms.